The zero-order chi connectivity index (χ0) is 22.1. The first-order valence-electron chi connectivity index (χ1n) is 10.5. The van der Waals surface area contributed by atoms with Crippen LogP contribution in [0.4, 0.5) is 5.82 Å². The molecule has 2 aromatic carbocycles. The van der Waals surface area contributed by atoms with Crippen molar-refractivity contribution in [1.29, 1.82) is 0 Å². The number of hydrogen-bond acceptors (Lipinski definition) is 4. The Morgan fingerprint density at radius 1 is 1.22 bits per heavy atom. The van der Waals surface area contributed by atoms with E-state index in [-0.39, 0.29) is 11.8 Å². The molecule has 8 heteroatoms. The minimum atomic E-state index is -0.539. The molecule has 2 aromatic heterocycles. The number of nitrogens with one attached hydrogen (secondary N) is 3. The molecule has 1 unspecified atom stereocenters. The summed E-state index contributed by atoms with van der Waals surface area (Å²) in [6.07, 6.45) is 2.74. The normalized spacial score (nSPS) is 16.0. The summed E-state index contributed by atoms with van der Waals surface area (Å²) >= 11 is 0. The first kappa shape index (κ1) is 19.9. The smallest absolute Gasteiger partial charge is 0.248 e. The second-order valence-electron chi connectivity index (χ2n) is 7.79. The number of carbonyl (C=O) groups is 2. The third-order valence-corrected chi connectivity index (χ3v) is 5.87. The molecular weight excluding hydrogens is 406 g/mol. The van der Waals surface area contributed by atoms with Crippen LogP contribution in [0.2, 0.25) is 0 Å². The number of amides is 2. The van der Waals surface area contributed by atoms with E-state index in [4.69, 9.17) is 4.74 Å². The Labute approximate surface area is 184 Å². The highest BCUT2D eigenvalue weighted by atomic mass is 16.5. The molecule has 0 spiro atoms. The van der Waals surface area contributed by atoms with Crippen LogP contribution in [-0.4, -0.2) is 45.0 Å². The molecule has 5 rings (SSSR count). The highest BCUT2D eigenvalue weighted by Gasteiger charge is 2.36. The summed E-state index contributed by atoms with van der Waals surface area (Å²) in [5.41, 5.74) is 3.58. The minimum absolute atomic E-state index is 0.0211. The highest BCUT2D eigenvalue weighted by molar-refractivity contribution is 5.99. The summed E-state index contributed by atoms with van der Waals surface area (Å²) in [7, 11) is 1.61. The lowest BCUT2D eigenvalue weighted by molar-refractivity contribution is -0.133. The van der Waals surface area contributed by atoms with Gasteiger partial charge in [0, 0.05) is 41.7 Å². The Bertz CT molecular complexity index is 1290. The van der Waals surface area contributed by atoms with Crippen molar-refractivity contribution in [3.05, 3.63) is 66.4 Å². The van der Waals surface area contributed by atoms with Crippen LogP contribution in [0.15, 0.2) is 60.8 Å². The Kier molecular flexibility index (Phi) is 5.10. The van der Waals surface area contributed by atoms with E-state index in [1.165, 1.54) is 0 Å². The molecule has 0 radical (unpaired) electrons. The van der Waals surface area contributed by atoms with Crippen molar-refractivity contribution < 1.29 is 14.3 Å². The van der Waals surface area contributed by atoms with Gasteiger partial charge in [-0.3, -0.25) is 14.7 Å². The van der Waals surface area contributed by atoms with Crippen LogP contribution >= 0.6 is 0 Å². The average molecular weight is 429 g/mol. The van der Waals surface area contributed by atoms with Gasteiger partial charge in [0.1, 0.15) is 11.8 Å². The van der Waals surface area contributed by atoms with Gasteiger partial charge in [-0.1, -0.05) is 30.3 Å². The number of rotatable bonds is 6. The van der Waals surface area contributed by atoms with Gasteiger partial charge in [-0.25, -0.2) is 0 Å². The second kappa shape index (κ2) is 8.22. The van der Waals surface area contributed by atoms with Crippen molar-refractivity contribution in [2.75, 3.05) is 12.4 Å². The van der Waals surface area contributed by atoms with E-state index in [0.717, 1.165) is 27.7 Å². The Morgan fingerprint density at radius 2 is 2.03 bits per heavy atom. The van der Waals surface area contributed by atoms with Crippen molar-refractivity contribution in [1.82, 2.24) is 20.1 Å². The average Bonchev–Trinajstić information content (AvgIpc) is 3.54. The molecule has 1 aliphatic rings. The molecule has 3 N–H and O–H groups in total. The monoisotopic (exact) mass is 429 g/mol. The maximum Gasteiger partial charge on any atom is 0.248 e. The summed E-state index contributed by atoms with van der Waals surface area (Å²) in [6, 6.07) is 16.7. The number of methoxy groups -OCH3 is 1. The number of H-pyrrole nitrogens is 2. The van der Waals surface area contributed by atoms with Gasteiger partial charge in [0.25, 0.3) is 0 Å². The largest absolute Gasteiger partial charge is 0.496 e. The molecule has 0 aliphatic carbocycles. The van der Waals surface area contributed by atoms with Crippen molar-refractivity contribution in [2.45, 2.75) is 25.4 Å². The van der Waals surface area contributed by atoms with Gasteiger partial charge in [0.15, 0.2) is 5.82 Å². The number of benzene rings is 2. The SMILES string of the molecule is COc1ccccc1-c1cc(NC(=O)C2CCC(=O)N2Cc2c[nH]c3ccccc23)n[nH]1. The molecule has 3 heterocycles. The van der Waals surface area contributed by atoms with Crippen LogP contribution in [-0.2, 0) is 16.1 Å². The number of aromatic nitrogens is 3. The van der Waals surface area contributed by atoms with Crippen molar-refractivity contribution in [3.8, 4) is 17.0 Å². The van der Waals surface area contributed by atoms with E-state index in [9.17, 15) is 9.59 Å². The maximum absolute atomic E-state index is 13.0. The third kappa shape index (κ3) is 3.60. The Hall–Kier alpha value is -4.07. The third-order valence-electron chi connectivity index (χ3n) is 5.87. The fourth-order valence-electron chi connectivity index (χ4n) is 4.25. The number of carbonyl (C=O) groups excluding carboxylic acids is 2. The second-order valence-corrected chi connectivity index (χ2v) is 7.79. The lowest BCUT2D eigenvalue weighted by Crippen LogP contribution is -2.41. The summed E-state index contributed by atoms with van der Waals surface area (Å²) in [5, 5.41) is 11.1. The van der Waals surface area contributed by atoms with Gasteiger partial charge in [-0.05, 0) is 30.2 Å². The Balaban J connectivity index is 1.33. The quantitative estimate of drug-likeness (QED) is 0.435. The van der Waals surface area contributed by atoms with Gasteiger partial charge in [0.2, 0.25) is 11.8 Å². The van der Waals surface area contributed by atoms with E-state index >= 15 is 0 Å². The van der Waals surface area contributed by atoms with Gasteiger partial charge in [-0.2, -0.15) is 5.10 Å². The summed E-state index contributed by atoms with van der Waals surface area (Å²) in [6.45, 7) is 0.383. The fraction of sp³-hybridized carbons (Fsp3) is 0.208. The van der Waals surface area contributed by atoms with E-state index < -0.39 is 6.04 Å². The van der Waals surface area contributed by atoms with Crippen LogP contribution in [0.3, 0.4) is 0 Å². The molecule has 2 amide bonds. The summed E-state index contributed by atoms with van der Waals surface area (Å²) in [5.74, 6) is 0.851. The first-order chi connectivity index (χ1) is 15.6. The lowest BCUT2D eigenvalue weighted by Gasteiger charge is -2.23. The molecule has 0 bridgehead atoms. The van der Waals surface area contributed by atoms with E-state index in [2.05, 4.69) is 20.5 Å². The molecule has 4 aromatic rings. The minimum Gasteiger partial charge on any atom is -0.496 e. The predicted octanol–water partition coefficient (Wildman–Crippen LogP) is 3.70. The van der Waals surface area contributed by atoms with Crippen LogP contribution in [0.25, 0.3) is 22.2 Å². The number of aromatic amines is 2. The fourth-order valence-corrected chi connectivity index (χ4v) is 4.25. The molecule has 1 atom stereocenters. The highest BCUT2D eigenvalue weighted by Crippen LogP contribution is 2.30. The number of hydrogen-bond donors (Lipinski definition) is 3. The number of para-hydroxylation sites is 2. The van der Waals surface area contributed by atoms with Gasteiger partial charge in [-0.15, -0.1) is 0 Å². The van der Waals surface area contributed by atoms with Gasteiger partial charge < -0.3 is 19.9 Å². The molecule has 0 saturated carbocycles. The molecular formula is C24H23N5O3. The standard InChI is InChI=1S/C24H23N5O3/c1-32-21-9-5-3-7-17(21)19-12-22(28-27-19)26-24(31)20-10-11-23(30)29(20)14-15-13-25-18-8-4-2-6-16(15)18/h2-9,12-13,20,25H,10-11,14H2,1H3,(H2,26,27,28,31). The van der Waals surface area contributed by atoms with Crippen LogP contribution in [0, 0.1) is 0 Å². The summed E-state index contributed by atoms with van der Waals surface area (Å²) in [4.78, 5) is 30.5. The van der Waals surface area contributed by atoms with Crippen molar-refractivity contribution >= 4 is 28.5 Å². The number of nitrogens with zero attached hydrogens (tertiary/aromatic N) is 2. The van der Waals surface area contributed by atoms with Crippen molar-refractivity contribution in [2.24, 2.45) is 0 Å². The van der Waals surface area contributed by atoms with Crippen LogP contribution in [0.5, 0.6) is 5.75 Å². The van der Waals surface area contributed by atoms with E-state index in [1.54, 1.807) is 18.1 Å². The molecule has 32 heavy (non-hydrogen) atoms. The maximum atomic E-state index is 13.0. The van der Waals surface area contributed by atoms with Gasteiger partial charge in [0.05, 0.1) is 12.8 Å². The van der Waals surface area contributed by atoms with Gasteiger partial charge >= 0.3 is 0 Å². The van der Waals surface area contributed by atoms with E-state index in [1.807, 2.05) is 54.7 Å². The molecule has 1 aliphatic heterocycles. The van der Waals surface area contributed by atoms with Crippen molar-refractivity contribution in [3.63, 3.8) is 0 Å². The molecule has 162 valence electrons. The first-order valence-corrected chi connectivity index (χ1v) is 10.5. The molecule has 1 saturated heterocycles. The summed E-state index contributed by atoms with van der Waals surface area (Å²) < 4.78 is 5.40. The molecule has 1 fully saturated rings. The lowest BCUT2D eigenvalue weighted by atomic mass is 10.1. The number of likely N-dealkylation sites (tertiary alicyclic amines) is 1. The predicted molar refractivity (Wildman–Crippen MR) is 121 cm³/mol. The zero-order valence-corrected chi connectivity index (χ0v) is 17.6. The zero-order valence-electron chi connectivity index (χ0n) is 17.6. The topological polar surface area (TPSA) is 103 Å². The number of anilines is 1. The van der Waals surface area contributed by atoms with Crippen LogP contribution in [0.1, 0.15) is 18.4 Å². The Morgan fingerprint density at radius 3 is 2.91 bits per heavy atom. The number of fused-ring (bicyclic) bond motifs is 1. The number of ether oxygens (including phenoxy) is 1. The van der Waals surface area contributed by atoms with E-state index in [0.29, 0.717) is 31.0 Å². The molecule has 8 nitrogen and oxygen atoms in total. The van der Waals surface area contributed by atoms with Crippen LogP contribution < -0.4 is 10.1 Å².